The summed E-state index contributed by atoms with van der Waals surface area (Å²) in [6, 6.07) is 0. The maximum Gasteiger partial charge on any atom is 0.422 e. The number of alkyl halides is 6. The lowest BCUT2D eigenvalue weighted by molar-refractivity contribution is -0.364. The number of halogens is 16. The summed E-state index contributed by atoms with van der Waals surface area (Å²) in [4.78, 5) is 0. The molecule has 3 rings (SSSR count). The van der Waals surface area contributed by atoms with Crippen LogP contribution in [-0.2, 0) is 4.65 Å². The van der Waals surface area contributed by atoms with Crippen molar-refractivity contribution in [1.82, 2.24) is 0 Å². The third-order valence-electron chi connectivity index (χ3n) is 5.88. The van der Waals surface area contributed by atoms with Crippen LogP contribution in [0.2, 0.25) is 6.32 Å². The fourth-order valence-electron chi connectivity index (χ4n) is 4.29. The minimum Gasteiger partial charge on any atom is -0.564 e. The normalized spacial score (nSPS) is 18.0. The lowest BCUT2D eigenvalue weighted by Crippen LogP contribution is -2.75. The monoisotopic (exact) mass is 553 g/mol. The van der Waals surface area contributed by atoms with E-state index < -0.39 is 113 Å². The van der Waals surface area contributed by atoms with Gasteiger partial charge in [0.1, 0.15) is 23.3 Å². The smallest absolute Gasteiger partial charge is 0.422 e. The molecule has 1 aliphatic rings. The van der Waals surface area contributed by atoms with Gasteiger partial charge in [-0.1, -0.05) is 17.3 Å². The van der Waals surface area contributed by atoms with E-state index >= 15 is 0 Å². The zero-order valence-electron chi connectivity index (χ0n) is 16.7. The van der Waals surface area contributed by atoms with Gasteiger partial charge in [0.15, 0.2) is 41.3 Å². The molecule has 18 heteroatoms. The molecule has 1 aliphatic heterocycles. The minimum absolute atomic E-state index is 1.60. The van der Waals surface area contributed by atoms with Crippen molar-refractivity contribution < 1.29 is 74.9 Å². The zero-order valence-corrected chi connectivity index (χ0v) is 16.7. The predicted molar refractivity (Wildman–Crippen MR) is 87.5 cm³/mol. The van der Waals surface area contributed by atoms with Crippen LogP contribution in [0.5, 0.6) is 0 Å². The van der Waals surface area contributed by atoms with E-state index in [2.05, 4.69) is 4.65 Å². The third-order valence-corrected chi connectivity index (χ3v) is 5.88. The molecule has 2 aromatic carbocycles. The van der Waals surface area contributed by atoms with Crippen LogP contribution in [-0.4, -0.2) is 24.3 Å². The van der Waals surface area contributed by atoms with Gasteiger partial charge >= 0.3 is 12.4 Å². The average Bonchev–Trinajstić information content (AvgIpc) is 2.77. The van der Waals surface area contributed by atoms with Gasteiger partial charge in [0.2, 0.25) is 5.60 Å². The molecule has 1 nitrogen and oxygen atoms in total. The summed E-state index contributed by atoms with van der Waals surface area (Å²) < 4.78 is 227. The van der Waals surface area contributed by atoms with Crippen LogP contribution in [0.25, 0.3) is 0 Å². The molecule has 0 aliphatic carbocycles. The van der Waals surface area contributed by atoms with Crippen molar-refractivity contribution in [3.63, 3.8) is 0 Å². The highest BCUT2D eigenvalue weighted by Crippen LogP contribution is 2.53. The quantitative estimate of drug-likeness (QED) is 0.198. The van der Waals surface area contributed by atoms with Crippen LogP contribution < -0.4 is 10.9 Å². The van der Waals surface area contributed by atoms with E-state index in [4.69, 9.17) is 0 Å². The zero-order chi connectivity index (χ0) is 27.8. The van der Waals surface area contributed by atoms with Crippen LogP contribution in [0.4, 0.5) is 70.2 Å². The number of hydrogen-bond acceptors (Lipinski definition) is 1. The minimum atomic E-state index is -6.63. The summed E-state index contributed by atoms with van der Waals surface area (Å²) in [6.45, 7) is 0. The SMILES string of the molecule is Fc1c(F)c(F)c([B-]2(c3c(F)c(F)c(F)c(F)c3F)CCCC(C(F)(F)F)(C(F)(F)F)O2)c(F)c1F. The van der Waals surface area contributed by atoms with Crippen LogP contribution in [0.15, 0.2) is 0 Å². The molecule has 1 heterocycles. The van der Waals surface area contributed by atoms with Crippen molar-refractivity contribution >= 4 is 17.3 Å². The van der Waals surface area contributed by atoms with Gasteiger partial charge < -0.3 is 4.65 Å². The van der Waals surface area contributed by atoms with Crippen molar-refractivity contribution in [1.29, 1.82) is 0 Å². The summed E-state index contributed by atoms with van der Waals surface area (Å²) in [6.07, 6.45) is -24.5. The Morgan fingerprint density at radius 1 is 0.500 bits per heavy atom. The molecule has 0 amide bonds. The summed E-state index contributed by atoms with van der Waals surface area (Å²) in [7, 11) is 0. The maximum absolute atomic E-state index is 14.7. The predicted octanol–water partition coefficient (Wildman–Crippen LogP) is 5.81. The van der Waals surface area contributed by atoms with Crippen LogP contribution in [0.3, 0.4) is 0 Å². The molecule has 1 fully saturated rings. The van der Waals surface area contributed by atoms with Crippen LogP contribution in [0, 0.1) is 58.2 Å². The van der Waals surface area contributed by atoms with Gasteiger partial charge in [-0.2, -0.15) is 26.3 Å². The lowest BCUT2D eigenvalue weighted by Gasteiger charge is -2.55. The Morgan fingerprint density at radius 2 is 0.778 bits per heavy atom. The second kappa shape index (κ2) is 8.44. The Bertz CT molecular complexity index is 1090. The molecular formula is C18H6BF16O-. The summed E-state index contributed by atoms with van der Waals surface area (Å²) in [5, 5.41) is 0. The first kappa shape index (κ1) is 27.9. The highest BCUT2D eigenvalue weighted by molar-refractivity contribution is 6.97. The first-order valence-electron chi connectivity index (χ1n) is 9.30. The Morgan fingerprint density at radius 3 is 1.06 bits per heavy atom. The molecule has 1 saturated heterocycles. The van der Waals surface area contributed by atoms with E-state index in [0.717, 1.165) is 0 Å². The van der Waals surface area contributed by atoms with E-state index in [1.807, 2.05) is 0 Å². The van der Waals surface area contributed by atoms with E-state index in [0.29, 0.717) is 0 Å². The second-order valence-corrected chi connectivity index (χ2v) is 7.75. The Kier molecular flexibility index (Phi) is 6.55. The molecule has 200 valence electrons. The largest absolute Gasteiger partial charge is 0.564 e. The highest BCUT2D eigenvalue weighted by Gasteiger charge is 2.73. The average molecular weight is 553 g/mol. The standard InChI is InChI=1S/C18H6BF16O/c20-6-4(7(21)11(25)14(28)10(6)24)19(5-8(22)12(26)15(29)13(27)9(5)23)3-1-2-16(36-19,17(30,31)32)18(33,34)35/h1-3H2/q-1. The Labute approximate surface area is 188 Å². The number of benzene rings is 2. The number of hydrogen-bond donors (Lipinski definition) is 0. The molecule has 0 radical (unpaired) electrons. The fraction of sp³-hybridized carbons (Fsp3) is 0.333. The molecule has 0 saturated carbocycles. The number of rotatable bonds is 2. The molecule has 0 unspecified atom stereocenters. The summed E-state index contributed by atoms with van der Waals surface area (Å²) >= 11 is 0. The van der Waals surface area contributed by atoms with Gasteiger partial charge in [-0.15, -0.1) is 6.32 Å². The van der Waals surface area contributed by atoms with E-state index in [1.165, 1.54) is 0 Å². The van der Waals surface area contributed by atoms with Crippen molar-refractivity contribution in [3.05, 3.63) is 58.2 Å². The Balaban J connectivity index is 2.62. The maximum atomic E-state index is 14.7. The van der Waals surface area contributed by atoms with Crippen molar-refractivity contribution in [2.45, 2.75) is 37.1 Å². The molecule has 0 N–H and O–H groups in total. The Hall–Kier alpha value is -2.66. The molecule has 0 spiro atoms. The topological polar surface area (TPSA) is 9.23 Å². The summed E-state index contributed by atoms with van der Waals surface area (Å²) in [5.41, 5.74) is -11.1. The van der Waals surface area contributed by atoms with E-state index in [9.17, 15) is 70.2 Å². The van der Waals surface area contributed by atoms with Crippen molar-refractivity contribution in [3.8, 4) is 0 Å². The van der Waals surface area contributed by atoms with Crippen LogP contribution >= 0.6 is 0 Å². The molecule has 0 aromatic heterocycles. The highest BCUT2D eigenvalue weighted by atomic mass is 19.4. The van der Waals surface area contributed by atoms with Crippen molar-refractivity contribution in [2.24, 2.45) is 0 Å². The van der Waals surface area contributed by atoms with Crippen molar-refractivity contribution in [2.75, 3.05) is 0 Å². The molecule has 2 aromatic rings. The third kappa shape index (κ3) is 3.62. The first-order valence-corrected chi connectivity index (χ1v) is 9.30. The molecule has 36 heavy (non-hydrogen) atoms. The van der Waals surface area contributed by atoms with Crippen LogP contribution in [0.1, 0.15) is 12.8 Å². The van der Waals surface area contributed by atoms with Gasteiger partial charge in [-0.3, -0.25) is 0 Å². The first-order chi connectivity index (χ1) is 16.3. The van der Waals surface area contributed by atoms with Gasteiger partial charge in [0.25, 0.3) is 0 Å². The van der Waals surface area contributed by atoms with E-state index in [1.54, 1.807) is 0 Å². The van der Waals surface area contributed by atoms with E-state index in [-0.39, 0.29) is 0 Å². The van der Waals surface area contributed by atoms with Gasteiger partial charge in [-0.25, -0.2) is 43.9 Å². The summed E-state index contributed by atoms with van der Waals surface area (Å²) in [5.74, 6) is -30.9. The van der Waals surface area contributed by atoms with Gasteiger partial charge in [0, 0.05) is 0 Å². The second-order valence-electron chi connectivity index (χ2n) is 7.75. The molecular weight excluding hydrogens is 547 g/mol. The molecule has 0 bridgehead atoms. The van der Waals surface area contributed by atoms with Gasteiger partial charge in [-0.05, 0) is 6.42 Å². The molecule has 0 atom stereocenters. The lowest BCUT2D eigenvalue weighted by atomic mass is 9.27. The fourth-order valence-corrected chi connectivity index (χ4v) is 4.29. The van der Waals surface area contributed by atoms with Gasteiger partial charge in [0.05, 0.1) is 0 Å².